The van der Waals surface area contributed by atoms with Crippen molar-refractivity contribution in [2.24, 2.45) is 0 Å². The molecule has 1 unspecified atom stereocenters. The molecule has 7 heteroatoms. The third-order valence-electron chi connectivity index (χ3n) is 3.03. The number of nitrogens with one attached hydrogen (secondary N) is 2. The number of aryl methyl sites for hydroxylation is 1. The van der Waals surface area contributed by atoms with Crippen molar-refractivity contribution in [3.05, 3.63) is 11.8 Å². The Kier molecular flexibility index (Phi) is 6.02. The average molecular weight is 282 g/mol. The summed E-state index contributed by atoms with van der Waals surface area (Å²) >= 11 is 0. The smallest absolute Gasteiger partial charge is 0.320 e. The van der Waals surface area contributed by atoms with Crippen molar-refractivity contribution in [1.29, 1.82) is 0 Å². The van der Waals surface area contributed by atoms with E-state index in [-0.39, 0.29) is 18.5 Å². The number of aliphatic carboxylic acids is 1. The molecular formula is C13H22N4O3. The first-order chi connectivity index (χ1) is 9.43. The number of hydrogen-bond acceptors (Lipinski definition) is 3. The number of nitrogens with zero attached hydrogens (tertiary/aromatic N) is 2. The fourth-order valence-electron chi connectivity index (χ4n) is 1.77. The van der Waals surface area contributed by atoms with Crippen molar-refractivity contribution in [2.45, 2.75) is 46.1 Å². The Morgan fingerprint density at radius 2 is 2.20 bits per heavy atom. The average Bonchev–Trinajstić information content (AvgIpc) is 2.74. The van der Waals surface area contributed by atoms with Crippen LogP contribution in [0.4, 0.5) is 10.6 Å². The fraction of sp³-hybridized carbons (Fsp3) is 0.615. The molecule has 0 aliphatic heterocycles. The summed E-state index contributed by atoms with van der Waals surface area (Å²) in [5, 5.41) is 18.0. The number of urea groups is 1. The van der Waals surface area contributed by atoms with Gasteiger partial charge in [-0.05, 0) is 26.7 Å². The number of aromatic nitrogens is 2. The van der Waals surface area contributed by atoms with Gasteiger partial charge >= 0.3 is 12.0 Å². The van der Waals surface area contributed by atoms with Crippen molar-refractivity contribution < 1.29 is 14.7 Å². The Balaban J connectivity index is 2.44. The number of carbonyl (C=O) groups excluding carboxylic acids is 1. The molecule has 0 saturated heterocycles. The molecule has 3 N–H and O–H groups in total. The summed E-state index contributed by atoms with van der Waals surface area (Å²) in [5.41, 5.74) is 0.987. The van der Waals surface area contributed by atoms with Gasteiger partial charge in [0.2, 0.25) is 0 Å². The SMILES string of the molecule is CCC(C)n1nc(NC(=O)NCCCC(=O)O)cc1C. The molecule has 0 fully saturated rings. The normalized spacial score (nSPS) is 11.9. The molecule has 0 aliphatic rings. The molecule has 20 heavy (non-hydrogen) atoms. The first kappa shape index (κ1) is 16.0. The van der Waals surface area contributed by atoms with Crippen LogP contribution in [0.5, 0.6) is 0 Å². The highest BCUT2D eigenvalue weighted by atomic mass is 16.4. The van der Waals surface area contributed by atoms with E-state index in [1.54, 1.807) is 0 Å². The zero-order valence-electron chi connectivity index (χ0n) is 12.1. The van der Waals surface area contributed by atoms with Gasteiger partial charge in [-0.15, -0.1) is 0 Å². The summed E-state index contributed by atoms with van der Waals surface area (Å²) in [7, 11) is 0. The largest absolute Gasteiger partial charge is 0.481 e. The summed E-state index contributed by atoms with van der Waals surface area (Å²) in [6.45, 7) is 6.40. The lowest BCUT2D eigenvalue weighted by Crippen LogP contribution is -2.30. The first-order valence-electron chi connectivity index (χ1n) is 6.76. The van der Waals surface area contributed by atoms with Crippen molar-refractivity contribution in [3.63, 3.8) is 0 Å². The number of amides is 2. The van der Waals surface area contributed by atoms with Gasteiger partial charge in [-0.25, -0.2) is 4.79 Å². The van der Waals surface area contributed by atoms with E-state index in [0.29, 0.717) is 18.8 Å². The van der Waals surface area contributed by atoms with Gasteiger partial charge in [0.1, 0.15) is 0 Å². The summed E-state index contributed by atoms with van der Waals surface area (Å²) in [4.78, 5) is 21.9. The molecule has 0 spiro atoms. The zero-order chi connectivity index (χ0) is 15.1. The second-order valence-electron chi connectivity index (χ2n) is 4.75. The Labute approximate surface area is 118 Å². The topological polar surface area (TPSA) is 96.3 Å². The predicted octanol–water partition coefficient (Wildman–Crippen LogP) is 2.15. The maximum atomic E-state index is 11.6. The van der Waals surface area contributed by atoms with Gasteiger partial charge < -0.3 is 10.4 Å². The Bertz CT molecular complexity index is 470. The molecule has 1 atom stereocenters. The second kappa shape index (κ2) is 7.52. The summed E-state index contributed by atoms with van der Waals surface area (Å²) in [6, 6.07) is 1.72. The number of anilines is 1. The molecule has 1 heterocycles. The van der Waals surface area contributed by atoms with Crippen LogP contribution in [0.2, 0.25) is 0 Å². The van der Waals surface area contributed by atoms with Gasteiger partial charge in [0.25, 0.3) is 0 Å². The molecule has 1 aromatic rings. The monoisotopic (exact) mass is 282 g/mol. The van der Waals surface area contributed by atoms with Crippen LogP contribution >= 0.6 is 0 Å². The van der Waals surface area contributed by atoms with Crippen molar-refractivity contribution in [3.8, 4) is 0 Å². The third kappa shape index (κ3) is 4.91. The van der Waals surface area contributed by atoms with Crippen molar-refractivity contribution >= 4 is 17.8 Å². The third-order valence-corrected chi connectivity index (χ3v) is 3.03. The van der Waals surface area contributed by atoms with E-state index in [4.69, 9.17) is 5.11 Å². The predicted molar refractivity (Wildman–Crippen MR) is 75.9 cm³/mol. The van der Waals surface area contributed by atoms with Gasteiger partial charge in [-0.1, -0.05) is 6.92 Å². The van der Waals surface area contributed by atoms with Gasteiger partial charge in [-0.3, -0.25) is 14.8 Å². The number of rotatable bonds is 7. The van der Waals surface area contributed by atoms with Crippen LogP contribution in [-0.2, 0) is 4.79 Å². The molecular weight excluding hydrogens is 260 g/mol. The van der Waals surface area contributed by atoms with Gasteiger partial charge in [0.05, 0.1) is 0 Å². The molecule has 112 valence electrons. The Morgan fingerprint density at radius 3 is 2.80 bits per heavy atom. The van der Waals surface area contributed by atoms with Crippen LogP contribution in [0, 0.1) is 6.92 Å². The maximum absolute atomic E-state index is 11.6. The summed E-state index contributed by atoms with van der Waals surface area (Å²) in [6.07, 6.45) is 1.41. The van der Waals surface area contributed by atoms with E-state index in [1.165, 1.54) is 0 Å². The van der Waals surface area contributed by atoms with Gasteiger partial charge in [0.15, 0.2) is 5.82 Å². The van der Waals surface area contributed by atoms with Crippen LogP contribution in [0.15, 0.2) is 6.07 Å². The molecule has 0 bridgehead atoms. The first-order valence-corrected chi connectivity index (χ1v) is 6.76. The molecule has 1 aromatic heterocycles. The van der Waals surface area contributed by atoms with Crippen LogP contribution in [-0.4, -0.2) is 33.4 Å². The van der Waals surface area contributed by atoms with Crippen LogP contribution < -0.4 is 10.6 Å². The lowest BCUT2D eigenvalue weighted by molar-refractivity contribution is -0.137. The lowest BCUT2D eigenvalue weighted by Gasteiger charge is -2.11. The second-order valence-corrected chi connectivity index (χ2v) is 4.75. The molecule has 0 radical (unpaired) electrons. The van der Waals surface area contributed by atoms with Crippen LogP contribution in [0.3, 0.4) is 0 Å². The summed E-state index contributed by atoms with van der Waals surface area (Å²) in [5.74, 6) is -0.367. The Morgan fingerprint density at radius 1 is 1.50 bits per heavy atom. The van der Waals surface area contributed by atoms with Gasteiger partial charge in [-0.2, -0.15) is 5.10 Å². The van der Waals surface area contributed by atoms with Gasteiger partial charge in [0, 0.05) is 30.8 Å². The van der Waals surface area contributed by atoms with Crippen molar-refractivity contribution in [1.82, 2.24) is 15.1 Å². The maximum Gasteiger partial charge on any atom is 0.320 e. The van der Waals surface area contributed by atoms with Crippen LogP contribution in [0.25, 0.3) is 0 Å². The summed E-state index contributed by atoms with van der Waals surface area (Å²) < 4.78 is 1.88. The van der Waals surface area contributed by atoms with E-state index >= 15 is 0 Å². The minimum absolute atomic E-state index is 0.0437. The highest BCUT2D eigenvalue weighted by molar-refractivity contribution is 5.88. The number of hydrogen-bond donors (Lipinski definition) is 3. The van der Waals surface area contributed by atoms with E-state index in [1.807, 2.05) is 17.7 Å². The molecule has 0 aromatic carbocycles. The minimum Gasteiger partial charge on any atom is -0.481 e. The number of carboxylic acid groups (broad SMARTS) is 1. The molecule has 0 aliphatic carbocycles. The minimum atomic E-state index is -0.866. The van der Waals surface area contributed by atoms with E-state index in [2.05, 4.69) is 29.6 Å². The Hall–Kier alpha value is -2.05. The van der Waals surface area contributed by atoms with E-state index in [9.17, 15) is 9.59 Å². The van der Waals surface area contributed by atoms with Crippen LogP contribution in [0.1, 0.15) is 44.8 Å². The molecule has 2 amide bonds. The van der Waals surface area contributed by atoms with E-state index in [0.717, 1.165) is 12.1 Å². The van der Waals surface area contributed by atoms with E-state index < -0.39 is 5.97 Å². The standard InChI is InChI=1S/C13H22N4O3/c1-4-9(2)17-10(3)8-11(16-17)15-13(20)14-7-5-6-12(18)19/h8-9H,4-7H2,1-3H3,(H,18,19)(H2,14,15,16,20). The van der Waals surface area contributed by atoms with Crippen molar-refractivity contribution in [2.75, 3.05) is 11.9 Å². The molecule has 7 nitrogen and oxygen atoms in total. The molecule has 0 saturated carbocycles. The fourth-order valence-corrected chi connectivity index (χ4v) is 1.77. The highest BCUT2D eigenvalue weighted by Gasteiger charge is 2.11. The lowest BCUT2D eigenvalue weighted by atomic mass is 10.2. The molecule has 1 rings (SSSR count). The quantitative estimate of drug-likeness (QED) is 0.668. The zero-order valence-corrected chi connectivity index (χ0v) is 12.1. The highest BCUT2D eigenvalue weighted by Crippen LogP contribution is 2.16. The number of carbonyl (C=O) groups is 2. The number of carboxylic acids is 1.